The zero-order valence-corrected chi connectivity index (χ0v) is 12.3. The number of hydrogen-bond donors (Lipinski definition) is 1. The van der Waals surface area contributed by atoms with Crippen LogP contribution in [0.15, 0.2) is 61.1 Å². The van der Waals surface area contributed by atoms with Crippen LogP contribution in [0.25, 0.3) is 11.5 Å². The highest BCUT2D eigenvalue weighted by molar-refractivity contribution is 5.49. The van der Waals surface area contributed by atoms with Gasteiger partial charge in [-0.25, -0.2) is 9.37 Å². The fourth-order valence-corrected chi connectivity index (χ4v) is 2.19. The summed E-state index contributed by atoms with van der Waals surface area (Å²) in [5.41, 5.74) is 0.740. The molecule has 5 nitrogen and oxygen atoms in total. The van der Waals surface area contributed by atoms with Crippen molar-refractivity contribution in [3.8, 4) is 17.3 Å². The van der Waals surface area contributed by atoms with E-state index in [1.54, 1.807) is 18.6 Å². The van der Waals surface area contributed by atoms with E-state index in [4.69, 9.17) is 4.74 Å². The van der Waals surface area contributed by atoms with E-state index in [1.165, 1.54) is 24.3 Å². The van der Waals surface area contributed by atoms with Crippen molar-refractivity contribution < 1.29 is 14.2 Å². The van der Waals surface area contributed by atoms with E-state index < -0.39 is 6.10 Å². The first-order valence-electron chi connectivity index (χ1n) is 7.21. The lowest BCUT2D eigenvalue weighted by atomic mass is 10.3. The van der Waals surface area contributed by atoms with Crippen molar-refractivity contribution in [2.45, 2.75) is 12.6 Å². The predicted molar refractivity (Wildman–Crippen MR) is 83.4 cm³/mol. The van der Waals surface area contributed by atoms with Crippen LogP contribution in [0.3, 0.4) is 0 Å². The molecular weight excluding hydrogens is 297 g/mol. The molecule has 6 heteroatoms. The summed E-state index contributed by atoms with van der Waals surface area (Å²) < 4.78 is 20.1. The Labute approximate surface area is 133 Å². The summed E-state index contributed by atoms with van der Waals surface area (Å²) in [5, 5.41) is 10.1. The molecule has 23 heavy (non-hydrogen) atoms. The van der Waals surface area contributed by atoms with Crippen LogP contribution in [0.4, 0.5) is 4.39 Å². The molecule has 0 radical (unpaired) electrons. The minimum atomic E-state index is -0.725. The Hall–Kier alpha value is -2.73. The van der Waals surface area contributed by atoms with Crippen molar-refractivity contribution >= 4 is 0 Å². The molecule has 2 heterocycles. The zero-order chi connectivity index (χ0) is 16.1. The SMILES string of the molecule is OC(COc1ccc(F)cc1)Cn1ccnc1-c1ccccn1. The Kier molecular flexibility index (Phi) is 4.63. The predicted octanol–water partition coefficient (Wildman–Crippen LogP) is 2.52. The molecule has 118 valence electrons. The van der Waals surface area contributed by atoms with E-state index in [1.807, 2.05) is 22.8 Å². The highest BCUT2D eigenvalue weighted by Gasteiger charge is 2.12. The lowest BCUT2D eigenvalue weighted by Crippen LogP contribution is -2.23. The Bertz CT molecular complexity index is 744. The van der Waals surface area contributed by atoms with Crippen LogP contribution in [-0.4, -0.2) is 32.4 Å². The van der Waals surface area contributed by atoms with Gasteiger partial charge in [-0.1, -0.05) is 6.07 Å². The smallest absolute Gasteiger partial charge is 0.158 e. The summed E-state index contributed by atoms with van der Waals surface area (Å²) in [4.78, 5) is 8.53. The van der Waals surface area contributed by atoms with E-state index >= 15 is 0 Å². The van der Waals surface area contributed by atoms with Crippen molar-refractivity contribution in [1.29, 1.82) is 0 Å². The van der Waals surface area contributed by atoms with Gasteiger partial charge >= 0.3 is 0 Å². The summed E-state index contributed by atoms with van der Waals surface area (Å²) in [7, 11) is 0. The van der Waals surface area contributed by atoms with Crippen LogP contribution < -0.4 is 4.74 Å². The van der Waals surface area contributed by atoms with Crippen LogP contribution in [0.2, 0.25) is 0 Å². The van der Waals surface area contributed by atoms with E-state index in [2.05, 4.69) is 9.97 Å². The van der Waals surface area contributed by atoms with Gasteiger partial charge in [-0.3, -0.25) is 4.98 Å². The molecule has 0 saturated heterocycles. The number of imidazole rings is 1. The molecule has 0 fully saturated rings. The standard InChI is InChI=1S/C17H16FN3O2/c18-13-4-6-15(7-5-13)23-12-14(22)11-21-10-9-20-17(21)16-3-1-2-8-19-16/h1-10,14,22H,11-12H2. The number of aliphatic hydroxyl groups is 1. The highest BCUT2D eigenvalue weighted by atomic mass is 19.1. The second-order valence-electron chi connectivity index (χ2n) is 5.04. The van der Waals surface area contributed by atoms with Gasteiger partial charge in [-0.2, -0.15) is 0 Å². The number of rotatable bonds is 6. The number of halogens is 1. The van der Waals surface area contributed by atoms with Crippen LogP contribution in [0.5, 0.6) is 5.75 Å². The molecule has 1 unspecified atom stereocenters. The number of aromatic nitrogens is 3. The van der Waals surface area contributed by atoms with Gasteiger partial charge in [0.1, 0.15) is 30.0 Å². The summed E-state index contributed by atoms with van der Waals surface area (Å²) in [6.45, 7) is 0.429. The van der Waals surface area contributed by atoms with Gasteiger partial charge in [0.25, 0.3) is 0 Å². The monoisotopic (exact) mass is 313 g/mol. The maximum Gasteiger partial charge on any atom is 0.158 e. The topological polar surface area (TPSA) is 60.2 Å². The van der Waals surface area contributed by atoms with Gasteiger partial charge in [0, 0.05) is 18.6 Å². The Morgan fingerprint density at radius 1 is 1.09 bits per heavy atom. The molecule has 0 amide bonds. The lowest BCUT2D eigenvalue weighted by molar-refractivity contribution is 0.0928. The van der Waals surface area contributed by atoms with Crippen LogP contribution >= 0.6 is 0 Å². The Morgan fingerprint density at radius 2 is 1.91 bits per heavy atom. The van der Waals surface area contributed by atoms with E-state index in [0.29, 0.717) is 18.1 Å². The largest absolute Gasteiger partial charge is 0.491 e. The van der Waals surface area contributed by atoms with Crippen LogP contribution in [-0.2, 0) is 6.54 Å². The molecular formula is C17H16FN3O2. The number of ether oxygens (including phenoxy) is 1. The maximum absolute atomic E-state index is 12.8. The Balaban J connectivity index is 1.61. The minimum Gasteiger partial charge on any atom is -0.491 e. The summed E-state index contributed by atoms with van der Waals surface area (Å²) >= 11 is 0. The van der Waals surface area contributed by atoms with Crippen molar-refractivity contribution in [3.05, 3.63) is 66.9 Å². The third-order valence-corrected chi connectivity index (χ3v) is 3.27. The molecule has 0 aliphatic carbocycles. The highest BCUT2D eigenvalue weighted by Crippen LogP contribution is 2.15. The van der Waals surface area contributed by atoms with Crippen molar-refractivity contribution in [1.82, 2.24) is 14.5 Å². The van der Waals surface area contributed by atoms with Crippen molar-refractivity contribution in [2.75, 3.05) is 6.61 Å². The molecule has 1 N–H and O–H groups in total. The van der Waals surface area contributed by atoms with Gasteiger partial charge in [0.15, 0.2) is 5.82 Å². The number of benzene rings is 1. The fourth-order valence-electron chi connectivity index (χ4n) is 2.19. The molecule has 1 atom stereocenters. The van der Waals surface area contributed by atoms with E-state index in [0.717, 1.165) is 5.69 Å². The summed E-state index contributed by atoms with van der Waals surface area (Å²) in [6, 6.07) is 11.3. The van der Waals surface area contributed by atoms with Crippen LogP contribution in [0.1, 0.15) is 0 Å². The van der Waals surface area contributed by atoms with E-state index in [-0.39, 0.29) is 12.4 Å². The third kappa shape index (κ3) is 3.92. The number of nitrogens with zero attached hydrogens (tertiary/aromatic N) is 3. The van der Waals surface area contributed by atoms with Gasteiger partial charge < -0.3 is 14.4 Å². The first-order valence-corrected chi connectivity index (χ1v) is 7.21. The zero-order valence-electron chi connectivity index (χ0n) is 12.3. The molecule has 0 spiro atoms. The number of pyridine rings is 1. The summed E-state index contributed by atoms with van der Waals surface area (Å²) in [5.74, 6) is 0.878. The van der Waals surface area contributed by atoms with Crippen molar-refractivity contribution in [2.24, 2.45) is 0 Å². The first-order chi connectivity index (χ1) is 11.2. The summed E-state index contributed by atoms with van der Waals surface area (Å²) in [6.07, 6.45) is 4.42. The second-order valence-corrected chi connectivity index (χ2v) is 5.04. The van der Waals surface area contributed by atoms with Gasteiger partial charge in [-0.15, -0.1) is 0 Å². The first kappa shape index (κ1) is 15.2. The quantitative estimate of drug-likeness (QED) is 0.759. The lowest BCUT2D eigenvalue weighted by Gasteiger charge is -2.14. The molecule has 3 aromatic rings. The number of aliphatic hydroxyl groups excluding tert-OH is 1. The average Bonchev–Trinajstić information content (AvgIpc) is 3.03. The fraction of sp³-hybridized carbons (Fsp3) is 0.176. The van der Waals surface area contributed by atoms with Crippen molar-refractivity contribution in [3.63, 3.8) is 0 Å². The Morgan fingerprint density at radius 3 is 2.65 bits per heavy atom. The molecule has 1 aromatic carbocycles. The molecule has 0 bridgehead atoms. The molecule has 0 aliphatic rings. The second kappa shape index (κ2) is 7.02. The van der Waals surface area contributed by atoms with Crippen LogP contribution in [0, 0.1) is 5.82 Å². The van der Waals surface area contributed by atoms with Gasteiger partial charge in [-0.05, 0) is 36.4 Å². The molecule has 2 aromatic heterocycles. The van der Waals surface area contributed by atoms with E-state index in [9.17, 15) is 9.50 Å². The van der Waals surface area contributed by atoms with Gasteiger partial charge in [0.2, 0.25) is 0 Å². The average molecular weight is 313 g/mol. The molecule has 0 aliphatic heterocycles. The minimum absolute atomic E-state index is 0.103. The van der Waals surface area contributed by atoms with Gasteiger partial charge in [0.05, 0.1) is 6.54 Å². The normalized spacial score (nSPS) is 12.1. The maximum atomic E-state index is 12.8. The third-order valence-electron chi connectivity index (χ3n) is 3.27. The molecule has 0 saturated carbocycles. The number of hydrogen-bond acceptors (Lipinski definition) is 4. The molecule has 3 rings (SSSR count).